The van der Waals surface area contributed by atoms with Gasteiger partial charge in [-0.1, -0.05) is 43.5 Å². The summed E-state index contributed by atoms with van der Waals surface area (Å²) in [5.41, 5.74) is 8.08. The van der Waals surface area contributed by atoms with Crippen LogP contribution in [0, 0.1) is 5.92 Å². The Morgan fingerprint density at radius 3 is 2.65 bits per heavy atom. The molecule has 7 heteroatoms. The van der Waals surface area contributed by atoms with Crippen LogP contribution in [0.2, 0.25) is 0 Å². The third-order valence-electron chi connectivity index (χ3n) is 6.54. The average Bonchev–Trinajstić information content (AvgIpc) is 2.85. The molecule has 0 heterocycles. The number of methoxy groups -OCH3 is 1. The van der Waals surface area contributed by atoms with Crippen LogP contribution in [0.3, 0.4) is 0 Å². The van der Waals surface area contributed by atoms with Crippen molar-refractivity contribution in [2.45, 2.75) is 57.5 Å². The Labute approximate surface area is 202 Å². The zero-order chi connectivity index (χ0) is 24.3. The second kappa shape index (κ2) is 13.1. The smallest absolute Gasteiger partial charge is 0.320 e. The number of anilines is 1. The molecule has 2 aromatic carbocycles. The number of benzene rings is 2. The number of nitrogens with one attached hydrogen (secondary N) is 1. The quantitative estimate of drug-likeness (QED) is 0.424. The maximum Gasteiger partial charge on any atom is 0.320 e. The Morgan fingerprint density at radius 1 is 1.15 bits per heavy atom. The van der Waals surface area contributed by atoms with E-state index in [1.165, 1.54) is 32.1 Å². The topological polar surface area (TPSA) is 105 Å². The summed E-state index contributed by atoms with van der Waals surface area (Å²) in [4.78, 5) is 26.4. The molecule has 1 fully saturated rings. The number of amides is 1. The molecule has 1 aliphatic carbocycles. The number of para-hydroxylation sites is 1. The summed E-state index contributed by atoms with van der Waals surface area (Å²) in [6.45, 7) is 2.43. The Balaban J connectivity index is 1.70. The van der Waals surface area contributed by atoms with Crippen molar-refractivity contribution in [2.75, 3.05) is 25.5 Å². The zero-order valence-corrected chi connectivity index (χ0v) is 20.0. The first-order chi connectivity index (χ1) is 16.5. The number of nitrogens with two attached hydrogens (primary N) is 1. The second-order valence-corrected chi connectivity index (χ2v) is 9.17. The van der Waals surface area contributed by atoms with Crippen LogP contribution in [0.25, 0.3) is 0 Å². The molecule has 1 saturated carbocycles. The molecule has 1 atom stereocenters. The minimum Gasteiger partial charge on any atom is -0.497 e. The number of hydrogen-bond acceptors (Lipinski definition) is 5. The van der Waals surface area contributed by atoms with Gasteiger partial charge in [-0.2, -0.15) is 0 Å². The van der Waals surface area contributed by atoms with Crippen molar-refractivity contribution in [2.24, 2.45) is 11.7 Å². The monoisotopic (exact) mass is 467 g/mol. The highest BCUT2D eigenvalue weighted by Gasteiger charge is 2.20. The summed E-state index contributed by atoms with van der Waals surface area (Å²) in [6, 6.07) is 14.1. The van der Waals surface area contributed by atoms with Crippen LogP contribution in [0.15, 0.2) is 48.5 Å². The largest absolute Gasteiger partial charge is 0.497 e. The SMILES string of the molecule is COc1cccc(C(=O)Nc2ccccc2CN(CCC[C@H](N)C(=O)O)CC2CCCCC2)c1. The summed E-state index contributed by atoms with van der Waals surface area (Å²) >= 11 is 0. The van der Waals surface area contributed by atoms with E-state index in [1.54, 1.807) is 25.3 Å². The number of hydrogen-bond donors (Lipinski definition) is 3. The fourth-order valence-electron chi connectivity index (χ4n) is 4.61. The van der Waals surface area contributed by atoms with E-state index >= 15 is 0 Å². The van der Waals surface area contributed by atoms with Crippen LogP contribution in [-0.4, -0.2) is 48.1 Å². The van der Waals surface area contributed by atoms with E-state index in [0.717, 1.165) is 30.8 Å². The first-order valence-electron chi connectivity index (χ1n) is 12.2. The molecule has 34 heavy (non-hydrogen) atoms. The van der Waals surface area contributed by atoms with Gasteiger partial charge < -0.3 is 20.9 Å². The molecule has 1 amide bonds. The van der Waals surface area contributed by atoms with Gasteiger partial charge in [0.15, 0.2) is 0 Å². The molecule has 0 spiro atoms. The molecule has 4 N–H and O–H groups in total. The van der Waals surface area contributed by atoms with Gasteiger partial charge in [0, 0.05) is 24.3 Å². The number of ether oxygens (including phenoxy) is 1. The molecule has 1 aliphatic rings. The van der Waals surface area contributed by atoms with Crippen LogP contribution in [-0.2, 0) is 11.3 Å². The number of rotatable bonds is 12. The van der Waals surface area contributed by atoms with Gasteiger partial charge in [-0.25, -0.2) is 0 Å². The maximum atomic E-state index is 12.9. The fraction of sp³-hybridized carbons (Fsp3) is 0.481. The van der Waals surface area contributed by atoms with Crippen molar-refractivity contribution in [1.82, 2.24) is 4.90 Å². The molecule has 184 valence electrons. The van der Waals surface area contributed by atoms with E-state index < -0.39 is 12.0 Å². The number of carboxylic acid groups (broad SMARTS) is 1. The highest BCUT2D eigenvalue weighted by atomic mass is 16.5. The van der Waals surface area contributed by atoms with E-state index in [-0.39, 0.29) is 5.91 Å². The lowest BCUT2D eigenvalue weighted by molar-refractivity contribution is -0.138. The third-order valence-corrected chi connectivity index (χ3v) is 6.54. The Bertz CT molecular complexity index is 943. The standard InChI is InChI=1S/C27H37N3O4/c1-34-23-13-7-12-21(17-23)26(31)29-25-15-6-5-11-22(25)19-30(16-8-14-24(28)27(32)33)18-20-9-3-2-4-10-20/h5-7,11-13,15,17,20,24H,2-4,8-10,14,16,18-19,28H2,1H3,(H,29,31)(H,32,33)/t24-/m0/s1. The first kappa shape index (κ1) is 25.7. The Morgan fingerprint density at radius 2 is 1.91 bits per heavy atom. The van der Waals surface area contributed by atoms with Crippen LogP contribution < -0.4 is 15.8 Å². The minimum atomic E-state index is -0.954. The predicted octanol–water partition coefficient (Wildman–Crippen LogP) is 4.52. The van der Waals surface area contributed by atoms with Gasteiger partial charge in [-0.3, -0.25) is 14.5 Å². The lowest BCUT2D eigenvalue weighted by atomic mass is 9.88. The van der Waals surface area contributed by atoms with Crippen molar-refractivity contribution < 1.29 is 19.4 Å². The second-order valence-electron chi connectivity index (χ2n) is 9.17. The number of aliphatic carboxylic acids is 1. The molecule has 2 aromatic rings. The first-order valence-corrected chi connectivity index (χ1v) is 12.2. The molecule has 3 rings (SSSR count). The normalized spacial score (nSPS) is 15.1. The summed E-state index contributed by atoms with van der Waals surface area (Å²) in [5, 5.41) is 12.2. The van der Waals surface area contributed by atoms with Gasteiger partial charge in [-0.15, -0.1) is 0 Å². The van der Waals surface area contributed by atoms with Gasteiger partial charge in [0.2, 0.25) is 0 Å². The van der Waals surface area contributed by atoms with Crippen LogP contribution in [0.5, 0.6) is 5.75 Å². The highest BCUT2D eigenvalue weighted by Crippen LogP contribution is 2.26. The van der Waals surface area contributed by atoms with Crippen molar-refractivity contribution in [3.05, 3.63) is 59.7 Å². The van der Waals surface area contributed by atoms with Gasteiger partial charge >= 0.3 is 5.97 Å². The molecule has 7 nitrogen and oxygen atoms in total. The molecule has 0 unspecified atom stereocenters. The van der Waals surface area contributed by atoms with Crippen LogP contribution in [0.1, 0.15) is 60.9 Å². The summed E-state index contributed by atoms with van der Waals surface area (Å²) in [6.07, 6.45) is 7.50. The number of carboxylic acids is 1. The van der Waals surface area contributed by atoms with Crippen molar-refractivity contribution in [1.29, 1.82) is 0 Å². The molecule has 0 aromatic heterocycles. The molecule has 0 bridgehead atoms. The van der Waals surface area contributed by atoms with Crippen LogP contribution in [0.4, 0.5) is 5.69 Å². The molecule has 0 aliphatic heterocycles. The average molecular weight is 468 g/mol. The third kappa shape index (κ3) is 7.85. The van der Waals surface area contributed by atoms with E-state index in [9.17, 15) is 9.59 Å². The number of carbonyl (C=O) groups is 2. The fourth-order valence-corrected chi connectivity index (χ4v) is 4.61. The van der Waals surface area contributed by atoms with Gasteiger partial charge in [0.25, 0.3) is 5.91 Å². The molecular formula is C27H37N3O4. The van der Waals surface area contributed by atoms with Crippen LogP contribution >= 0.6 is 0 Å². The summed E-state index contributed by atoms with van der Waals surface area (Å²) in [5.74, 6) is 0.154. The number of nitrogens with zero attached hydrogens (tertiary/aromatic N) is 1. The van der Waals surface area contributed by atoms with E-state index in [0.29, 0.717) is 30.2 Å². The Hall–Kier alpha value is -2.90. The van der Waals surface area contributed by atoms with E-state index in [2.05, 4.69) is 10.2 Å². The van der Waals surface area contributed by atoms with E-state index in [1.807, 2.05) is 30.3 Å². The molecular weight excluding hydrogens is 430 g/mol. The minimum absolute atomic E-state index is 0.183. The van der Waals surface area contributed by atoms with Crippen molar-refractivity contribution in [3.63, 3.8) is 0 Å². The van der Waals surface area contributed by atoms with Gasteiger partial charge in [-0.05, 0) is 68.0 Å². The molecule has 0 saturated heterocycles. The van der Waals surface area contributed by atoms with Gasteiger partial charge in [0.1, 0.15) is 11.8 Å². The predicted molar refractivity (Wildman–Crippen MR) is 134 cm³/mol. The Kier molecular flexibility index (Phi) is 9.91. The summed E-state index contributed by atoms with van der Waals surface area (Å²) < 4.78 is 5.24. The van der Waals surface area contributed by atoms with Crippen molar-refractivity contribution >= 4 is 17.6 Å². The lowest BCUT2D eigenvalue weighted by Crippen LogP contribution is -2.34. The highest BCUT2D eigenvalue weighted by molar-refractivity contribution is 6.04. The van der Waals surface area contributed by atoms with Gasteiger partial charge in [0.05, 0.1) is 7.11 Å². The van der Waals surface area contributed by atoms with E-state index in [4.69, 9.17) is 15.6 Å². The molecule has 0 radical (unpaired) electrons. The van der Waals surface area contributed by atoms with Crippen molar-refractivity contribution in [3.8, 4) is 5.75 Å². The maximum absolute atomic E-state index is 12.9. The summed E-state index contributed by atoms with van der Waals surface area (Å²) in [7, 11) is 1.58. The zero-order valence-electron chi connectivity index (χ0n) is 20.0. The number of carbonyl (C=O) groups excluding carboxylic acids is 1. The lowest BCUT2D eigenvalue weighted by Gasteiger charge is -2.30.